The van der Waals surface area contributed by atoms with E-state index in [1.165, 1.54) is 7.05 Å². The molecule has 0 saturated carbocycles. The number of likely N-dealkylation sites (N-methyl/N-ethyl adjacent to an activating group) is 1. The van der Waals surface area contributed by atoms with E-state index in [2.05, 4.69) is 0 Å². The first-order valence-corrected chi connectivity index (χ1v) is 6.10. The second-order valence-corrected chi connectivity index (χ2v) is 4.58. The minimum absolute atomic E-state index is 0.0114. The van der Waals surface area contributed by atoms with Gasteiger partial charge in [0.25, 0.3) is 0 Å². The minimum atomic E-state index is -0.549. The minimum Gasteiger partial charge on any atom is -0.465 e. The van der Waals surface area contributed by atoms with Crippen molar-refractivity contribution in [2.24, 2.45) is 0 Å². The van der Waals surface area contributed by atoms with Crippen molar-refractivity contribution in [3.63, 3.8) is 0 Å². The summed E-state index contributed by atoms with van der Waals surface area (Å²) in [5.41, 5.74) is 0. The predicted molar refractivity (Wildman–Crippen MR) is 64.7 cm³/mol. The van der Waals surface area contributed by atoms with Crippen molar-refractivity contribution in [3.8, 4) is 0 Å². The summed E-state index contributed by atoms with van der Waals surface area (Å²) < 4.78 is 4.88. The fourth-order valence-corrected chi connectivity index (χ4v) is 2.00. The van der Waals surface area contributed by atoms with Gasteiger partial charge in [-0.25, -0.2) is 0 Å². The summed E-state index contributed by atoms with van der Waals surface area (Å²) in [7, 11) is 1.47. The Morgan fingerprint density at radius 2 is 2.11 bits per heavy atom. The van der Waals surface area contributed by atoms with Crippen LogP contribution >= 0.6 is 0 Å². The zero-order valence-corrected chi connectivity index (χ0v) is 11.3. The fourth-order valence-electron chi connectivity index (χ4n) is 2.00. The van der Waals surface area contributed by atoms with Crippen molar-refractivity contribution >= 4 is 17.8 Å². The molecule has 1 unspecified atom stereocenters. The quantitative estimate of drug-likeness (QED) is 0.512. The SMILES string of the molecule is CCOC(=O)CN(C(C)C)C1CC(=O)N(C)C1=O. The second-order valence-electron chi connectivity index (χ2n) is 4.58. The first-order valence-electron chi connectivity index (χ1n) is 6.10. The van der Waals surface area contributed by atoms with Crippen molar-refractivity contribution in [1.29, 1.82) is 0 Å². The molecule has 18 heavy (non-hydrogen) atoms. The average Bonchev–Trinajstić information content (AvgIpc) is 2.54. The van der Waals surface area contributed by atoms with Crippen LogP contribution in [0.15, 0.2) is 0 Å². The van der Waals surface area contributed by atoms with E-state index >= 15 is 0 Å². The highest BCUT2D eigenvalue weighted by atomic mass is 16.5. The lowest BCUT2D eigenvalue weighted by atomic mass is 10.1. The van der Waals surface area contributed by atoms with Crippen LogP contribution in [0, 0.1) is 0 Å². The standard InChI is InChI=1S/C12H20N2O4/c1-5-18-11(16)7-14(8(2)3)9-6-10(15)13(4)12(9)17/h8-9H,5-7H2,1-4H3. The van der Waals surface area contributed by atoms with Crippen LogP contribution in [0.5, 0.6) is 0 Å². The zero-order valence-electron chi connectivity index (χ0n) is 11.3. The maximum absolute atomic E-state index is 11.9. The van der Waals surface area contributed by atoms with Gasteiger partial charge in [0.05, 0.1) is 25.6 Å². The Balaban J connectivity index is 2.77. The average molecular weight is 256 g/mol. The molecule has 2 amide bonds. The molecule has 1 rings (SSSR count). The highest BCUT2D eigenvalue weighted by molar-refractivity contribution is 6.05. The molecule has 1 heterocycles. The number of imide groups is 1. The number of ether oxygens (including phenoxy) is 1. The van der Waals surface area contributed by atoms with Gasteiger partial charge in [-0.1, -0.05) is 0 Å². The molecule has 1 atom stereocenters. The van der Waals surface area contributed by atoms with E-state index in [0.29, 0.717) is 6.61 Å². The number of carbonyl (C=O) groups excluding carboxylic acids is 3. The largest absolute Gasteiger partial charge is 0.465 e. The predicted octanol–water partition coefficient (Wildman–Crippen LogP) is 0.0172. The number of hydrogen-bond acceptors (Lipinski definition) is 5. The summed E-state index contributed by atoms with van der Waals surface area (Å²) in [5, 5.41) is 0. The van der Waals surface area contributed by atoms with Crippen LogP contribution in [0.3, 0.4) is 0 Å². The first-order chi connectivity index (χ1) is 8.38. The third-order valence-corrected chi connectivity index (χ3v) is 3.04. The Labute approximate surface area is 107 Å². The lowest BCUT2D eigenvalue weighted by Crippen LogP contribution is -2.47. The fraction of sp³-hybridized carbons (Fsp3) is 0.750. The van der Waals surface area contributed by atoms with Gasteiger partial charge in [0.2, 0.25) is 11.8 Å². The lowest BCUT2D eigenvalue weighted by molar-refractivity contribution is -0.146. The Morgan fingerprint density at radius 3 is 2.50 bits per heavy atom. The number of carbonyl (C=O) groups is 3. The number of amides is 2. The van der Waals surface area contributed by atoms with Gasteiger partial charge in [-0.3, -0.25) is 24.2 Å². The van der Waals surface area contributed by atoms with Gasteiger partial charge < -0.3 is 4.74 Å². The van der Waals surface area contributed by atoms with E-state index in [1.807, 2.05) is 13.8 Å². The summed E-state index contributed by atoms with van der Waals surface area (Å²) in [6, 6.07) is -0.561. The van der Waals surface area contributed by atoms with E-state index in [-0.39, 0.29) is 36.8 Å². The highest BCUT2D eigenvalue weighted by Crippen LogP contribution is 2.19. The molecule has 6 heteroatoms. The number of nitrogens with zero attached hydrogens (tertiary/aromatic N) is 2. The molecule has 1 aliphatic heterocycles. The van der Waals surface area contributed by atoms with Gasteiger partial charge >= 0.3 is 5.97 Å². The van der Waals surface area contributed by atoms with Crippen LogP contribution in [0.2, 0.25) is 0 Å². The Bertz CT molecular complexity index is 354. The van der Waals surface area contributed by atoms with Gasteiger partial charge in [-0.2, -0.15) is 0 Å². The summed E-state index contributed by atoms with van der Waals surface area (Å²) >= 11 is 0. The Hall–Kier alpha value is -1.43. The molecule has 0 bridgehead atoms. The van der Waals surface area contributed by atoms with Crippen LogP contribution in [0.25, 0.3) is 0 Å². The van der Waals surface area contributed by atoms with E-state index in [4.69, 9.17) is 4.74 Å². The van der Waals surface area contributed by atoms with Crippen molar-refractivity contribution in [1.82, 2.24) is 9.80 Å². The number of likely N-dealkylation sites (tertiary alicyclic amines) is 1. The van der Waals surface area contributed by atoms with Gasteiger partial charge in [-0.05, 0) is 20.8 Å². The molecule has 0 aromatic rings. The van der Waals surface area contributed by atoms with Crippen molar-refractivity contribution < 1.29 is 19.1 Å². The Morgan fingerprint density at radius 1 is 1.50 bits per heavy atom. The normalized spacial score (nSPS) is 20.1. The van der Waals surface area contributed by atoms with Gasteiger partial charge in [-0.15, -0.1) is 0 Å². The van der Waals surface area contributed by atoms with Crippen LogP contribution in [-0.4, -0.2) is 59.9 Å². The summed E-state index contributed by atoms with van der Waals surface area (Å²) in [4.78, 5) is 37.7. The number of rotatable bonds is 5. The monoisotopic (exact) mass is 256 g/mol. The molecule has 6 nitrogen and oxygen atoms in total. The van der Waals surface area contributed by atoms with E-state index in [1.54, 1.807) is 11.8 Å². The number of hydrogen-bond donors (Lipinski definition) is 0. The van der Waals surface area contributed by atoms with E-state index in [9.17, 15) is 14.4 Å². The maximum Gasteiger partial charge on any atom is 0.320 e. The zero-order chi connectivity index (χ0) is 13.9. The maximum atomic E-state index is 11.9. The molecule has 1 fully saturated rings. The molecule has 0 aliphatic carbocycles. The van der Waals surface area contributed by atoms with Crippen molar-refractivity contribution in [2.45, 2.75) is 39.3 Å². The molecule has 0 spiro atoms. The molecule has 0 N–H and O–H groups in total. The second kappa shape index (κ2) is 5.95. The summed E-state index contributed by atoms with van der Waals surface area (Å²) in [6.07, 6.45) is 0.132. The van der Waals surface area contributed by atoms with Gasteiger partial charge in [0.15, 0.2) is 0 Å². The third kappa shape index (κ3) is 3.07. The molecule has 102 valence electrons. The molecular weight excluding hydrogens is 236 g/mol. The van der Waals surface area contributed by atoms with E-state index < -0.39 is 6.04 Å². The van der Waals surface area contributed by atoms with Gasteiger partial charge in [0, 0.05) is 13.1 Å². The van der Waals surface area contributed by atoms with Crippen LogP contribution in [0.1, 0.15) is 27.2 Å². The molecule has 0 radical (unpaired) electrons. The third-order valence-electron chi connectivity index (χ3n) is 3.04. The first kappa shape index (κ1) is 14.6. The summed E-state index contributed by atoms with van der Waals surface area (Å²) in [5.74, 6) is -0.835. The molecule has 1 aliphatic rings. The van der Waals surface area contributed by atoms with E-state index in [0.717, 1.165) is 4.90 Å². The topological polar surface area (TPSA) is 66.9 Å². The Kier molecular flexibility index (Phi) is 4.84. The highest BCUT2D eigenvalue weighted by Gasteiger charge is 2.41. The number of esters is 1. The van der Waals surface area contributed by atoms with Crippen LogP contribution in [0.4, 0.5) is 0 Å². The molecular formula is C12H20N2O4. The van der Waals surface area contributed by atoms with Crippen molar-refractivity contribution in [3.05, 3.63) is 0 Å². The lowest BCUT2D eigenvalue weighted by Gasteiger charge is -2.29. The summed E-state index contributed by atoms with van der Waals surface area (Å²) in [6.45, 7) is 5.84. The van der Waals surface area contributed by atoms with Gasteiger partial charge in [0.1, 0.15) is 0 Å². The molecule has 0 aromatic heterocycles. The smallest absolute Gasteiger partial charge is 0.320 e. The molecule has 0 aromatic carbocycles. The van der Waals surface area contributed by atoms with Crippen molar-refractivity contribution in [2.75, 3.05) is 20.2 Å². The van der Waals surface area contributed by atoms with Crippen LogP contribution < -0.4 is 0 Å². The molecule has 1 saturated heterocycles. The van der Waals surface area contributed by atoms with Crippen LogP contribution in [-0.2, 0) is 19.1 Å².